The molecule has 1 rings (SSSR count). The van der Waals surface area contributed by atoms with Crippen molar-refractivity contribution in [3.05, 3.63) is 21.3 Å². The van der Waals surface area contributed by atoms with Crippen LogP contribution in [-0.4, -0.2) is 12.1 Å². The van der Waals surface area contributed by atoms with Crippen LogP contribution >= 0.6 is 34.5 Å². The van der Waals surface area contributed by atoms with Crippen LogP contribution in [0.3, 0.4) is 0 Å². The minimum atomic E-state index is -0.107. The summed E-state index contributed by atoms with van der Waals surface area (Å²) in [4.78, 5) is 1.11. The fourth-order valence-corrected chi connectivity index (χ4v) is 2.87. The largest absolute Gasteiger partial charge is 0.310 e. The van der Waals surface area contributed by atoms with Crippen LogP contribution in [0.1, 0.15) is 31.0 Å². The maximum atomic E-state index is 6.38. The van der Waals surface area contributed by atoms with Crippen molar-refractivity contribution in [3.63, 3.8) is 0 Å². The number of rotatable bonds is 4. The van der Waals surface area contributed by atoms with Crippen LogP contribution in [0.15, 0.2) is 12.1 Å². The number of thiophene rings is 1. The van der Waals surface area contributed by atoms with Gasteiger partial charge >= 0.3 is 0 Å². The van der Waals surface area contributed by atoms with Crippen LogP contribution in [0, 0.1) is 0 Å². The molecule has 1 N–H and O–H groups in total. The number of likely N-dealkylation sites (N-methyl/N-ethyl adjacent to an activating group) is 1. The van der Waals surface area contributed by atoms with E-state index in [1.807, 2.05) is 12.1 Å². The summed E-state index contributed by atoms with van der Waals surface area (Å²) in [6, 6.07) is 3.88. The Morgan fingerprint density at radius 1 is 1.50 bits per heavy atom. The van der Waals surface area contributed by atoms with Crippen molar-refractivity contribution < 1.29 is 0 Å². The second-order valence-corrected chi connectivity index (χ2v) is 5.94. The predicted molar refractivity (Wildman–Crippen MR) is 65.7 cm³/mol. The van der Waals surface area contributed by atoms with Gasteiger partial charge in [0.2, 0.25) is 0 Å². The van der Waals surface area contributed by atoms with Gasteiger partial charge in [-0.1, -0.05) is 18.5 Å². The smallest absolute Gasteiger partial charge is 0.0931 e. The number of halogens is 2. The maximum Gasteiger partial charge on any atom is 0.0931 e. The zero-order chi connectivity index (χ0) is 10.8. The quantitative estimate of drug-likeness (QED) is 0.796. The van der Waals surface area contributed by atoms with E-state index in [2.05, 4.69) is 26.1 Å². The summed E-state index contributed by atoms with van der Waals surface area (Å²) in [7, 11) is 0. The van der Waals surface area contributed by atoms with Gasteiger partial charge in [-0.25, -0.2) is 0 Å². The second-order valence-electron chi connectivity index (χ2n) is 3.76. The zero-order valence-corrected chi connectivity index (χ0v) is 10.9. The van der Waals surface area contributed by atoms with Gasteiger partial charge in [0.05, 0.1) is 9.71 Å². The Morgan fingerprint density at radius 2 is 2.14 bits per heavy atom. The van der Waals surface area contributed by atoms with Crippen LogP contribution in [0.25, 0.3) is 0 Å². The molecule has 0 unspecified atom stereocenters. The van der Waals surface area contributed by atoms with Crippen molar-refractivity contribution in [1.29, 1.82) is 0 Å². The Balaban J connectivity index is 2.78. The SMILES string of the molecule is CCNC(C)(C)[C@H](Cl)c1ccc(Cl)s1. The van der Waals surface area contributed by atoms with Crippen molar-refractivity contribution in [2.75, 3.05) is 6.54 Å². The van der Waals surface area contributed by atoms with Gasteiger partial charge in [-0.3, -0.25) is 0 Å². The minimum absolute atomic E-state index is 0.0417. The molecule has 0 spiro atoms. The van der Waals surface area contributed by atoms with Crippen molar-refractivity contribution in [2.45, 2.75) is 31.7 Å². The lowest BCUT2D eigenvalue weighted by Crippen LogP contribution is -2.42. The average Bonchev–Trinajstić information content (AvgIpc) is 2.50. The van der Waals surface area contributed by atoms with Crippen LogP contribution < -0.4 is 5.32 Å². The van der Waals surface area contributed by atoms with Gasteiger partial charge in [0, 0.05) is 10.4 Å². The number of hydrogen-bond donors (Lipinski definition) is 1. The van der Waals surface area contributed by atoms with Gasteiger partial charge < -0.3 is 5.32 Å². The lowest BCUT2D eigenvalue weighted by atomic mass is 9.99. The first-order valence-electron chi connectivity index (χ1n) is 4.61. The number of nitrogens with one attached hydrogen (secondary N) is 1. The Bertz CT molecular complexity index is 296. The lowest BCUT2D eigenvalue weighted by molar-refractivity contribution is 0.388. The molecule has 1 aromatic heterocycles. The third-order valence-electron chi connectivity index (χ3n) is 2.11. The summed E-state index contributed by atoms with van der Waals surface area (Å²) in [5.41, 5.74) is -0.107. The fraction of sp³-hybridized carbons (Fsp3) is 0.600. The van der Waals surface area contributed by atoms with E-state index in [1.54, 1.807) is 11.3 Å². The van der Waals surface area contributed by atoms with E-state index in [1.165, 1.54) is 0 Å². The molecule has 0 radical (unpaired) electrons. The molecule has 0 fully saturated rings. The van der Waals surface area contributed by atoms with Crippen molar-refractivity contribution in [1.82, 2.24) is 5.32 Å². The molecule has 0 aliphatic carbocycles. The van der Waals surface area contributed by atoms with Gasteiger partial charge in [-0.15, -0.1) is 22.9 Å². The fourth-order valence-electron chi connectivity index (χ4n) is 1.37. The van der Waals surface area contributed by atoms with Crippen molar-refractivity contribution >= 4 is 34.5 Å². The molecule has 0 aliphatic heterocycles. The predicted octanol–water partition coefficient (Wildman–Crippen LogP) is 4.07. The summed E-state index contributed by atoms with van der Waals surface area (Å²) in [5.74, 6) is 0. The van der Waals surface area contributed by atoms with Crippen molar-refractivity contribution in [2.24, 2.45) is 0 Å². The summed E-state index contributed by atoms with van der Waals surface area (Å²) in [5, 5.41) is 3.32. The van der Waals surface area contributed by atoms with E-state index in [0.29, 0.717) is 0 Å². The second kappa shape index (κ2) is 4.84. The zero-order valence-electron chi connectivity index (χ0n) is 8.60. The molecule has 0 saturated carbocycles. The van der Waals surface area contributed by atoms with Gasteiger partial charge in [-0.2, -0.15) is 0 Å². The highest BCUT2D eigenvalue weighted by Gasteiger charge is 2.29. The van der Waals surface area contributed by atoms with Gasteiger partial charge in [0.15, 0.2) is 0 Å². The molecular formula is C10H15Cl2NS. The molecular weight excluding hydrogens is 237 g/mol. The third kappa shape index (κ3) is 2.86. The highest BCUT2D eigenvalue weighted by atomic mass is 35.5. The lowest BCUT2D eigenvalue weighted by Gasteiger charge is -2.30. The van der Waals surface area contributed by atoms with E-state index in [0.717, 1.165) is 15.8 Å². The first-order chi connectivity index (χ1) is 6.47. The molecule has 1 heterocycles. The molecule has 0 aliphatic rings. The Hall–Kier alpha value is 0.240. The van der Waals surface area contributed by atoms with E-state index < -0.39 is 0 Å². The first-order valence-corrected chi connectivity index (χ1v) is 6.25. The summed E-state index contributed by atoms with van der Waals surface area (Å²) < 4.78 is 0.790. The van der Waals surface area contributed by atoms with Crippen LogP contribution in [0.4, 0.5) is 0 Å². The van der Waals surface area contributed by atoms with E-state index in [4.69, 9.17) is 23.2 Å². The molecule has 0 saturated heterocycles. The van der Waals surface area contributed by atoms with E-state index >= 15 is 0 Å². The van der Waals surface area contributed by atoms with Crippen LogP contribution in [-0.2, 0) is 0 Å². The summed E-state index contributed by atoms with van der Waals surface area (Å²) >= 11 is 13.8. The van der Waals surface area contributed by atoms with Gasteiger partial charge in [0.25, 0.3) is 0 Å². The molecule has 80 valence electrons. The van der Waals surface area contributed by atoms with Gasteiger partial charge in [0.1, 0.15) is 0 Å². The standard InChI is InChI=1S/C10H15Cl2NS/c1-4-13-10(2,3)9(12)7-5-6-8(11)14-7/h5-6,9,13H,4H2,1-3H3/t9-/m1/s1. The molecule has 1 nitrogen and oxygen atoms in total. The van der Waals surface area contributed by atoms with E-state index in [9.17, 15) is 0 Å². The normalized spacial score (nSPS) is 14.4. The number of hydrogen-bond acceptors (Lipinski definition) is 2. The Morgan fingerprint density at radius 3 is 2.57 bits per heavy atom. The van der Waals surface area contributed by atoms with Gasteiger partial charge in [-0.05, 0) is 32.5 Å². The third-order valence-corrected chi connectivity index (χ3v) is 4.32. The molecule has 14 heavy (non-hydrogen) atoms. The minimum Gasteiger partial charge on any atom is -0.310 e. The molecule has 0 bridgehead atoms. The first kappa shape index (κ1) is 12.3. The van der Waals surface area contributed by atoms with E-state index in [-0.39, 0.29) is 10.9 Å². The summed E-state index contributed by atoms with van der Waals surface area (Å²) in [6.07, 6.45) is 0. The molecule has 1 atom stereocenters. The molecule has 0 amide bonds. The van der Waals surface area contributed by atoms with Crippen LogP contribution in [0.5, 0.6) is 0 Å². The van der Waals surface area contributed by atoms with Crippen LogP contribution in [0.2, 0.25) is 4.34 Å². The monoisotopic (exact) mass is 251 g/mol. The Kier molecular flexibility index (Phi) is 4.26. The Labute approximate surface area is 99.4 Å². The number of alkyl halides is 1. The molecule has 0 aromatic carbocycles. The summed E-state index contributed by atoms with van der Waals surface area (Å²) in [6.45, 7) is 7.19. The van der Waals surface area contributed by atoms with Crippen molar-refractivity contribution in [3.8, 4) is 0 Å². The topological polar surface area (TPSA) is 12.0 Å². The molecule has 1 aromatic rings. The molecule has 4 heteroatoms. The maximum absolute atomic E-state index is 6.38. The average molecular weight is 252 g/mol. The highest BCUT2D eigenvalue weighted by Crippen LogP contribution is 2.37. The highest BCUT2D eigenvalue weighted by molar-refractivity contribution is 7.16.